The molecule has 0 radical (unpaired) electrons. The van der Waals surface area contributed by atoms with Gasteiger partial charge in [0.05, 0.1) is 37.7 Å². The number of morpholine rings is 1. The van der Waals surface area contributed by atoms with Crippen molar-refractivity contribution in [3.8, 4) is 0 Å². The fraction of sp³-hybridized carbons (Fsp3) is 0.579. The van der Waals surface area contributed by atoms with Gasteiger partial charge < -0.3 is 19.9 Å². The molecular formula is C19H29FN5OS+. The number of hydrogen-bond acceptors (Lipinski definition) is 4. The molecule has 0 amide bonds. The van der Waals surface area contributed by atoms with E-state index in [1.807, 2.05) is 19.1 Å². The number of nitrogens with zero attached hydrogens (tertiary/aromatic N) is 2. The predicted molar refractivity (Wildman–Crippen MR) is 110 cm³/mol. The van der Waals surface area contributed by atoms with E-state index >= 15 is 0 Å². The molecule has 0 saturated carbocycles. The molecule has 27 heavy (non-hydrogen) atoms. The first-order valence-corrected chi connectivity index (χ1v) is 10.1. The van der Waals surface area contributed by atoms with E-state index in [9.17, 15) is 4.39 Å². The van der Waals surface area contributed by atoms with Gasteiger partial charge in [0.2, 0.25) is 0 Å². The summed E-state index contributed by atoms with van der Waals surface area (Å²) >= 11 is 5.26. The Morgan fingerprint density at radius 1 is 1.30 bits per heavy atom. The lowest BCUT2D eigenvalue weighted by Crippen LogP contribution is -3.14. The monoisotopic (exact) mass is 394 g/mol. The van der Waals surface area contributed by atoms with Crippen LogP contribution in [0.25, 0.3) is 0 Å². The number of rotatable bonds is 6. The van der Waals surface area contributed by atoms with Crippen LogP contribution in [-0.4, -0.2) is 63.3 Å². The Morgan fingerprint density at radius 3 is 2.74 bits per heavy atom. The lowest BCUT2D eigenvalue weighted by Gasteiger charge is -2.23. The van der Waals surface area contributed by atoms with E-state index in [1.165, 1.54) is 4.90 Å². The highest BCUT2D eigenvalue weighted by molar-refractivity contribution is 7.80. The average molecular weight is 395 g/mol. The first-order valence-electron chi connectivity index (χ1n) is 9.68. The van der Waals surface area contributed by atoms with Gasteiger partial charge in [0.15, 0.2) is 5.11 Å². The molecule has 3 N–H and O–H groups in total. The van der Waals surface area contributed by atoms with E-state index in [4.69, 9.17) is 17.0 Å². The molecule has 2 aliphatic heterocycles. The minimum Gasteiger partial charge on any atom is -0.370 e. The van der Waals surface area contributed by atoms with Crippen LogP contribution < -0.4 is 20.5 Å². The number of halogens is 1. The van der Waals surface area contributed by atoms with Gasteiger partial charge in [-0.15, -0.1) is 0 Å². The third-order valence-corrected chi connectivity index (χ3v) is 5.34. The summed E-state index contributed by atoms with van der Waals surface area (Å²) in [5, 5.41) is 7.93. The highest BCUT2D eigenvalue weighted by Gasteiger charge is 2.16. The average Bonchev–Trinajstić information content (AvgIpc) is 3.21. The Kier molecular flexibility index (Phi) is 7.37. The largest absolute Gasteiger partial charge is 0.370 e. The van der Waals surface area contributed by atoms with Crippen molar-refractivity contribution in [2.45, 2.75) is 19.8 Å². The fourth-order valence-corrected chi connectivity index (χ4v) is 3.60. The summed E-state index contributed by atoms with van der Waals surface area (Å²) in [6.07, 6.45) is 2.26. The molecule has 2 fully saturated rings. The number of nitrogens with one attached hydrogen (secondary N) is 3. The maximum Gasteiger partial charge on any atom is 0.187 e. The summed E-state index contributed by atoms with van der Waals surface area (Å²) in [6.45, 7) is 9.22. The van der Waals surface area contributed by atoms with Crippen molar-refractivity contribution in [3.63, 3.8) is 0 Å². The first kappa shape index (κ1) is 20.0. The van der Waals surface area contributed by atoms with Crippen LogP contribution in [0.15, 0.2) is 23.3 Å². The fourth-order valence-electron chi connectivity index (χ4n) is 3.45. The highest BCUT2D eigenvalue weighted by Crippen LogP contribution is 2.24. The molecule has 0 aromatic heterocycles. The van der Waals surface area contributed by atoms with E-state index in [0.29, 0.717) is 16.5 Å². The smallest absolute Gasteiger partial charge is 0.187 e. The molecule has 3 rings (SSSR count). The summed E-state index contributed by atoms with van der Waals surface area (Å²) in [7, 11) is 0. The number of anilines is 1. The predicted octanol–water partition coefficient (Wildman–Crippen LogP) is 0.529. The van der Waals surface area contributed by atoms with Crippen molar-refractivity contribution in [2.24, 2.45) is 5.10 Å². The van der Waals surface area contributed by atoms with Crippen LogP contribution in [0.3, 0.4) is 0 Å². The second-order valence-electron chi connectivity index (χ2n) is 7.04. The molecule has 1 aromatic rings. The molecule has 0 spiro atoms. The van der Waals surface area contributed by atoms with Gasteiger partial charge >= 0.3 is 0 Å². The maximum atomic E-state index is 14.4. The lowest BCUT2D eigenvalue weighted by atomic mass is 10.1. The zero-order chi connectivity index (χ0) is 19.1. The Labute approximate surface area is 165 Å². The van der Waals surface area contributed by atoms with Crippen LogP contribution in [0.2, 0.25) is 0 Å². The van der Waals surface area contributed by atoms with Gasteiger partial charge in [-0.05, 0) is 44.1 Å². The molecule has 0 unspecified atom stereocenters. The maximum absolute atomic E-state index is 14.4. The molecule has 2 saturated heterocycles. The van der Waals surface area contributed by atoms with Crippen LogP contribution in [-0.2, 0) is 4.74 Å². The summed E-state index contributed by atoms with van der Waals surface area (Å²) in [4.78, 5) is 3.61. The number of hydrogen-bond donors (Lipinski definition) is 3. The number of quaternary nitrogens is 1. The SMILES string of the molecule is C/C(=N/NC(=S)NCC[NH+]1CCOCC1)c1ccc(N2CCCC2)c(F)c1. The summed E-state index contributed by atoms with van der Waals surface area (Å²) < 4.78 is 19.8. The van der Waals surface area contributed by atoms with Gasteiger partial charge in [-0.1, -0.05) is 6.07 Å². The Morgan fingerprint density at radius 2 is 2.04 bits per heavy atom. The Hall–Kier alpha value is -1.77. The molecule has 1 aromatic carbocycles. The Balaban J connectivity index is 1.46. The highest BCUT2D eigenvalue weighted by atomic mass is 32.1. The van der Waals surface area contributed by atoms with E-state index < -0.39 is 0 Å². The summed E-state index contributed by atoms with van der Waals surface area (Å²) in [6, 6.07) is 5.30. The summed E-state index contributed by atoms with van der Waals surface area (Å²) in [5.74, 6) is -0.196. The van der Waals surface area contributed by atoms with E-state index in [1.54, 1.807) is 6.07 Å². The second kappa shape index (κ2) is 9.96. The molecule has 8 heteroatoms. The second-order valence-corrected chi connectivity index (χ2v) is 7.45. The molecule has 0 bridgehead atoms. The van der Waals surface area contributed by atoms with E-state index in [-0.39, 0.29) is 5.82 Å². The van der Waals surface area contributed by atoms with Gasteiger partial charge in [0.25, 0.3) is 0 Å². The standard InChI is InChI=1S/C19H28FN5OS/c1-15(16-4-5-18(17(20)14-16)25-7-2-3-8-25)22-23-19(27)21-6-9-24-10-12-26-13-11-24/h4-5,14H,2-3,6-13H2,1H3,(H2,21,23,27)/p+1/b22-15-. The van der Waals surface area contributed by atoms with Crippen molar-refractivity contribution in [1.29, 1.82) is 0 Å². The molecule has 6 nitrogen and oxygen atoms in total. The van der Waals surface area contributed by atoms with Crippen LogP contribution in [0.4, 0.5) is 10.1 Å². The number of benzene rings is 1. The third-order valence-electron chi connectivity index (χ3n) is 5.10. The van der Waals surface area contributed by atoms with Crippen molar-refractivity contribution in [1.82, 2.24) is 10.7 Å². The number of ether oxygens (including phenoxy) is 1. The number of hydrazone groups is 1. The number of thiocarbonyl (C=S) groups is 1. The van der Waals surface area contributed by atoms with Gasteiger partial charge in [0, 0.05) is 18.7 Å². The van der Waals surface area contributed by atoms with Gasteiger partial charge in [-0.2, -0.15) is 5.10 Å². The van der Waals surface area contributed by atoms with Gasteiger partial charge in [0.1, 0.15) is 18.9 Å². The van der Waals surface area contributed by atoms with Crippen LogP contribution in [0, 0.1) is 5.82 Å². The lowest BCUT2D eigenvalue weighted by molar-refractivity contribution is -0.906. The molecule has 0 atom stereocenters. The molecular weight excluding hydrogens is 365 g/mol. The van der Waals surface area contributed by atoms with Gasteiger partial charge in [-0.3, -0.25) is 5.43 Å². The molecule has 0 aliphatic carbocycles. The van der Waals surface area contributed by atoms with Crippen LogP contribution >= 0.6 is 12.2 Å². The van der Waals surface area contributed by atoms with Crippen molar-refractivity contribution < 1.29 is 14.0 Å². The van der Waals surface area contributed by atoms with Crippen LogP contribution in [0.1, 0.15) is 25.3 Å². The van der Waals surface area contributed by atoms with Gasteiger partial charge in [-0.25, -0.2) is 4.39 Å². The first-order chi connectivity index (χ1) is 13.1. The van der Waals surface area contributed by atoms with Crippen LogP contribution in [0.5, 0.6) is 0 Å². The molecule has 148 valence electrons. The Bertz CT molecular complexity index is 672. The topological polar surface area (TPSA) is 53.3 Å². The molecule has 2 heterocycles. The molecule has 2 aliphatic rings. The normalized spacial score (nSPS) is 18.6. The minimum atomic E-state index is -0.196. The van der Waals surface area contributed by atoms with E-state index in [2.05, 4.69) is 20.7 Å². The zero-order valence-corrected chi connectivity index (χ0v) is 16.7. The third kappa shape index (κ3) is 5.85. The van der Waals surface area contributed by atoms with Crippen molar-refractivity contribution >= 4 is 28.7 Å². The summed E-state index contributed by atoms with van der Waals surface area (Å²) in [5.41, 5.74) is 4.98. The minimum absolute atomic E-state index is 0.196. The van der Waals surface area contributed by atoms with E-state index in [0.717, 1.165) is 70.9 Å². The quantitative estimate of drug-likeness (QED) is 0.373. The van der Waals surface area contributed by atoms with Crippen molar-refractivity contribution in [3.05, 3.63) is 29.6 Å². The zero-order valence-electron chi connectivity index (χ0n) is 15.9. The van der Waals surface area contributed by atoms with Crippen molar-refractivity contribution in [2.75, 3.05) is 57.4 Å².